The molecule has 1 aromatic heterocycles. The van der Waals surface area contributed by atoms with E-state index in [1.165, 1.54) is 24.3 Å². The van der Waals surface area contributed by atoms with Gasteiger partial charge < -0.3 is 15.2 Å². The third kappa shape index (κ3) is 5.68. The van der Waals surface area contributed by atoms with Gasteiger partial charge in [-0.3, -0.25) is 9.59 Å². The van der Waals surface area contributed by atoms with Crippen LogP contribution in [0.25, 0.3) is 0 Å². The van der Waals surface area contributed by atoms with E-state index >= 15 is 0 Å². The summed E-state index contributed by atoms with van der Waals surface area (Å²) in [6.07, 6.45) is 5.01. The largest absolute Gasteiger partial charge is 0.322 e. The maximum atomic E-state index is 12.9. The lowest BCUT2D eigenvalue weighted by atomic mass is 9.99. The molecule has 1 amide bonds. The molecule has 1 saturated heterocycles. The van der Waals surface area contributed by atoms with Gasteiger partial charge >= 0.3 is 0 Å². The molecule has 158 valence electrons. The van der Waals surface area contributed by atoms with Gasteiger partial charge in [0.2, 0.25) is 0 Å². The van der Waals surface area contributed by atoms with E-state index in [9.17, 15) is 18.0 Å². The summed E-state index contributed by atoms with van der Waals surface area (Å²) in [4.78, 5) is 25.8. The maximum Gasteiger partial charge on any atom is 0.263 e. The average molecular weight is 440 g/mol. The van der Waals surface area contributed by atoms with Crippen LogP contribution >= 0.6 is 12.4 Å². The highest BCUT2D eigenvalue weighted by molar-refractivity contribution is 7.90. The molecule has 0 radical (unpaired) electrons. The summed E-state index contributed by atoms with van der Waals surface area (Å²) < 4.78 is 24.7. The number of pyridine rings is 1. The Bertz CT molecular complexity index is 1030. The molecule has 0 saturated carbocycles. The van der Waals surface area contributed by atoms with Crippen molar-refractivity contribution < 1.29 is 13.2 Å². The molecule has 1 fully saturated rings. The van der Waals surface area contributed by atoms with E-state index in [0.29, 0.717) is 23.7 Å². The van der Waals surface area contributed by atoms with Crippen molar-refractivity contribution in [3.8, 4) is 0 Å². The predicted octanol–water partition coefficient (Wildman–Crippen LogP) is 2.23. The lowest BCUT2D eigenvalue weighted by molar-refractivity contribution is 0.102. The Morgan fingerprint density at radius 3 is 2.52 bits per heavy atom. The molecule has 0 bridgehead atoms. The number of halogens is 1. The van der Waals surface area contributed by atoms with Gasteiger partial charge in [0.25, 0.3) is 11.5 Å². The normalized spacial score (nSPS) is 16.7. The maximum absolute atomic E-state index is 12.9. The smallest absolute Gasteiger partial charge is 0.263 e. The van der Waals surface area contributed by atoms with Crippen LogP contribution in [-0.4, -0.2) is 38.2 Å². The van der Waals surface area contributed by atoms with Gasteiger partial charge in [-0.05, 0) is 74.7 Å². The van der Waals surface area contributed by atoms with Crippen LogP contribution in [0, 0.1) is 12.8 Å². The fourth-order valence-electron chi connectivity index (χ4n) is 3.42. The first-order chi connectivity index (χ1) is 13.3. The Morgan fingerprint density at radius 2 is 1.93 bits per heavy atom. The van der Waals surface area contributed by atoms with Gasteiger partial charge in [0.1, 0.15) is 5.56 Å². The highest BCUT2D eigenvalue weighted by atomic mass is 35.5. The molecule has 1 aromatic carbocycles. The highest BCUT2D eigenvalue weighted by Crippen LogP contribution is 2.16. The molecule has 2 aromatic rings. The van der Waals surface area contributed by atoms with Crippen LogP contribution in [0.1, 0.15) is 28.8 Å². The number of piperidine rings is 1. The molecule has 2 N–H and O–H groups in total. The first-order valence-electron chi connectivity index (χ1n) is 9.28. The fourth-order valence-corrected chi connectivity index (χ4v) is 4.05. The van der Waals surface area contributed by atoms with E-state index in [0.717, 1.165) is 32.2 Å². The van der Waals surface area contributed by atoms with Crippen LogP contribution < -0.4 is 16.2 Å². The number of nitrogens with zero attached hydrogens (tertiary/aromatic N) is 1. The van der Waals surface area contributed by atoms with Gasteiger partial charge in [0.15, 0.2) is 9.84 Å². The molecule has 3 rings (SSSR count). The standard InChI is InChI=1S/C20H25N3O4S.ClH/c1-14-9-11-23(13-15-4-3-10-21-12-15)20(25)18(14)19(24)22-16-5-7-17(8-6-16)28(2,26)27;/h5-9,11,15,21H,3-4,10,12-13H2,1-2H3,(H,22,24);1H. The summed E-state index contributed by atoms with van der Waals surface area (Å²) in [5, 5.41) is 6.02. The Hall–Kier alpha value is -2.16. The van der Waals surface area contributed by atoms with E-state index in [4.69, 9.17) is 0 Å². The van der Waals surface area contributed by atoms with Gasteiger partial charge in [-0.25, -0.2) is 8.42 Å². The van der Waals surface area contributed by atoms with Crippen molar-refractivity contribution in [2.45, 2.75) is 31.2 Å². The Morgan fingerprint density at radius 1 is 1.24 bits per heavy atom. The summed E-state index contributed by atoms with van der Waals surface area (Å²) in [6, 6.07) is 7.66. The minimum Gasteiger partial charge on any atom is -0.322 e. The quantitative estimate of drug-likeness (QED) is 0.744. The van der Waals surface area contributed by atoms with Crippen molar-refractivity contribution in [1.29, 1.82) is 0 Å². The van der Waals surface area contributed by atoms with Crippen molar-refractivity contribution >= 4 is 33.8 Å². The molecule has 9 heteroatoms. The Kier molecular flexibility index (Phi) is 7.62. The van der Waals surface area contributed by atoms with Crippen LogP contribution in [0.2, 0.25) is 0 Å². The van der Waals surface area contributed by atoms with E-state index in [-0.39, 0.29) is 28.4 Å². The minimum absolute atomic E-state index is 0. The van der Waals surface area contributed by atoms with Gasteiger partial charge in [-0.1, -0.05) is 0 Å². The number of nitrogens with one attached hydrogen (secondary N) is 2. The number of carbonyl (C=O) groups is 1. The zero-order valence-electron chi connectivity index (χ0n) is 16.5. The monoisotopic (exact) mass is 439 g/mol. The lowest BCUT2D eigenvalue weighted by Crippen LogP contribution is -2.36. The van der Waals surface area contributed by atoms with E-state index in [1.54, 1.807) is 23.8 Å². The predicted molar refractivity (Wildman–Crippen MR) is 116 cm³/mol. The first kappa shape index (κ1) is 23.1. The fraction of sp³-hybridized carbons (Fsp3) is 0.400. The number of anilines is 1. The van der Waals surface area contributed by atoms with Crippen LogP contribution in [0.15, 0.2) is 46.2 Å². The lowest BCUT2D eigenvalue weighted by Gasteiger charge is -2.23. The van der Waals surface area contributed by atoms with Crippen LogP contribution in [-0.2, 0) is 16.4 Å². The number of hydrogen-bond donors (Lipinski definition) is 2. The molecular weight excluding hydrogens is 414 g/mol. The van der Waals surface area contributed by atoms with Crippen molar-refractivity contribution in [2.24, 2.45) is 5.92 Å². The van der Waals surface area contributed by atoms with Crippen molar-refractivity contribution in [1.82, 2.24) is 9.88 Å². The molecule has 2 heterocycles. The minimum atomic E-state index is -3.30. The molecule has 1 unspecified atom stereocenters. The van der Waals surface area contributed by atoms with Crippen LogP contribution in [0.3, 0.4) is 0 Å². The van der Waals surface area contributed by atoms with Crippen molar-refractivity contribution in [3.05, 3.63) is 58.0 Å². The number of aryl methyl sites for hydroxylation is 1. The van der Waals surface area contributed by atoms with Crippen molar-refractivity contribution in [3.63, 3.8) is 0 Å². The summed E-state index contributed by atoms with van der Waals surface area (Å²) in [6.45, 7) is 4.19. The Balaban J connectivity index is 0.00000300. The number of sulfone groups is 1. The van der Waals surface area contributed by atoms with Crippen LogP contribution in [0.5, 0.6) is 0 Å². The SMILES string of the molecule is Cc1ccn(CC2CCCNC2)c(=O)c1C(=O)Nc1ccc(S(C)(=O)=O)cc1.Cl. The molecular formula is C20H26ClN3O4S. The third-order valence-corrected chi connectivity index (χ3v) is 6.12. The molecule has 29 heavy (non-hydrogen) atoms. The molecule has 1 atom stereocenters. The first-order valence-corrected chi connectivity index (χ1v) is 11.2. The summed E-state index contributed by atoms with van der Waals surface area (Å²) in [5.74, 6) is -0.126. The number of rotatable bonds is 5. The molecule has 0 aliphatic carbocycles. The van der Waals surface area contributed by atoms with Gasteiger partial charge in [-0.15, -0.1) is 12.4 Å². The Labute approximate surface area is 176 Å². The van der Waals surface area contributed by atoms with E-state index in [1.807, 2.05) is 0 Å². The second-order valence-corrected chi connectivity index (χ2v) is 9.31. The second kappa shape index (κ2) is 9.56. The second-order valence-electron chi connectivity index (χ2n) is 7.29. The average Bonchev–Trinajstić information content (AvgIpc) is 2.65. The molecule has 0 spiro atoms. The highest BCUT2D eigenvalue weighted by Gasteiger charge is 2.19. The zero-order valence-corrected chi connectivity index (χ0v) is 18.1. The molecule has 1 aliphatic heterocycles. The zero-order chi connectivity index (χ0) is 20.3. The topological polar surface area (TPSA) is 97.3 Å². The number of hydrogen-bond acceptors (Lipinski definition) is 5. The third-order valence-electron chi connectivity index (χ3n) is 4.99. The molecule has 1 aliphatic rings. The summed E-state index contributed by atoms with van der Waals surface area (Å²) in [5.41, 5.74) is 0.839. The van der Waals surface area contributed by atoms with E-state index in [2.05, 4.69) is 10.6 Å². The molecule has 7 nitrogen and oxygen atoms in total. The summed E-state index contributed by atoms with van der Waals surface area (Å²) >= 11 is 0. The van der Waals surface area contributed by atoms with Gasteiger partial charge in [0, 0.05) is 24.7 Å². The van der Waals surface area contributed by atoms with Gasteiger partial charge in [0.05, 0.1) is 4.90 Å². The number of amides is 1. The number of aromatic nitrogens is 1. The number of carbonyl (C=O) groups excluding carboxylic acids is 1. The van der Waals surface area contributed by atoms with Gasteiger partial charge in [-0.2, -0.15) is 0 Å². The number of benzene rings is 1. The van der Waals surface area contributed by atoms with Crippen molar-refractivity contribution in [2.75, 3.05) is 24.7 Å². The van der Waals surface area contributed by atoms with Crippen LogP contribution in [0.4, 0.5) is 5.69 Å². The van der Waals surface area contributed by atoms with E-state index < -0.39 is 15.7 Å². The summed E-state index contributed by atoms with van der Waals surface area (Å²) in [7, 11) is -3.30.